The number of methoxy groups -OCH3 is 1. The summed E-state index contributed by atoms with van der Waals surface area (Å²) < 4.78 is 9.80. The fraction of sp³-hybridized carbons (Fsp3) is 0.857. The first-order chi connectivity index (χ1) is 4.74. The van der Waals surface area contributed by atoms with Gasteiger partial charge in [0, 0.05) is 7.11 Å². The topological polar surface area (TPSA) is 35.5 Å². The second-order valence-corrected chi connectivity index (χ2v) is 2.65. The van der Waals surface area contributed by atoms with Crippen molar-refractivity contribution in [2.24, 2.45) is 5.92 Å². The van der Waals surface area contributed by atoms with Gasteiger partial charge in [-0.3, -0.25) is 4.79 Å². The van der Waals surface area contributed by atoms with E-state index in [-0.39, 0.29) is 18.0 Å². The Bertz CT molecular complexity index is 133. The number of cyclic esters (lactones) is 1. The molecule has 0 unspecified atom stereocenters. The lowest BCUT2D eigenvalue weighted by molar-refractivity contribution is -0.145. The van der Waals surface area contributed by atoms with Crippen LogP contribution in [0.1, 0.15) is 13.3 Å². The van der Waals surface area contributed by atoms with Crippen LogP contribution in [-0.4, -0.2) is 25.8 Å². The minimum atomic E-state index is -0.0953. The fourth-order valence-corrected chi connectivity index (χ4v) is 1.11. The normalized spacial score (nSPS) is 32.4. The maximum atomic E-state index is 10.8. The summed E-state index contributed by atoms with van der Waals surface area (Å²) in [5, 5.41) is 0. The number of ether oxygens (including phenoxy) is 2. The van der Waals surface area contributed by atoms with Crippen molar-refractivity contribution in [3.63, 3.8) is 0 Å². The zero-order chi connectivity index (χ0) is 7.56. The molecule has 1 aliphatic heterocycles. The Morgan fingerprint density at radius 3 is 2.90 bits per heavy atom. The van der Waals surface area contributed by atoms with Crippen molar-refractivity contribution in [2.75, 3.05) is 13.7 Å². The van der Waals surface area contributed by atoms with E-state index in [1.165, 1.54) is 0 Å². The Balaban J connectivity index is 2.34. The molecule has 1 saturated heterocycles. The molecule has 3 nitrogen and oxygen atoms in total. The van der Waals surface area contributed by atoms with Crippen LogP contribution < -0.4 is 0 Å². The highest BCUT2D eigenvalue weighted by Gasteiger charge is 2.30. The molecule has 0 radical (unpaired) electrons. The molecule has 0 N–H and O–H groups in total. The molecule has 1 aliphatic rings. The van der Waals surface area contributed by atoms with Gasteiger partial charge in [-0.15, -0.1) is 0 Å². The summed E-state index contributed by atoms with van der Waals surface area (Å²) >= 11 is 0. The van der Waals surface area contributed by atoms with Gasteiger partial charge in [-0.2, -0.15) is 0 Å². The van der Waals surface area contributed by atoms with E-state index >= 15 is 0 Å². The van der Waals surface area contributed by atoms with E-state index in [9.17, 15) is 4.79 Å². The number of carbonyl (C=O) groups is 1. The van der Waals surface area contributed by atoms with Gasteiger partial charge in [-0.1, -0.05) is 6.92 Å². The maximum Gasteiger partial charge on any atom is 0.309 e. The number of hydrogen-bond donors (Lipinski definition) is 0. The van der Waals surface area contributed by atoms with Gasteiger partial charge < -0.3 is 9.47 Å². The van der Waals surface area contributed by atoms with Crippen molar-refractivity contribution >= 4 is 5.97 Å². The van der Waals surface area contributed by atoms with Crippen LogP contribution in [0, 0.1) is 5.92 Å². The zero-order valence-corrected chi connectivity index (χ0v) is 6.29. The molecule has 1 heterocycles. The molecule has 0 saturated carbocycles. The first-order valence-corrected chi connectivity index (χ1v) is 3.43. The van der Waals surface area contributed by atoms with E-state index < -0.39 is 0 Å². The van der Waals surface area contributed by atoms with Crippen molar-refractivity contribution in [1.29, 1.82) is 0 Å². The van der Waals surface area contributed by atoms with E-state index in [4.69, 9.17) is 9.47 Å². The zero-order valence-electron chi connectivity index (χ0n) is 6.29. The quantitative estimate of drug-likeness (QED) is 0.532. The molecule has 2 atom stereocenters. The molecule has 1 rings (SSSR count). The van der Waals surface area contributed by atoms with Gasteiger partial charge in [-0.25, -0.2) is 0 Å². The van der Waals surface area contributed by atoms with Crippen LogP contribution in [0.15, 0.2) is 0 Å². The summed E-state index contributed by atoms with van der Waals surface area (Å²) in [4.78, 5) is 10.8. The number of rotatable bonds is 2. The third kappa shape index (κ3) is 1.48. The highest BCUT2D eigenvalue weighted by Crippen LogP contribution is 2.19. The Morgan fingerprint density at radius 2 is 2.50 bits per heavy atom. The highest BCUT2D eigenvalue weighted by molar-refractivity contribution is 5.74. The van der Waals surface area contributed by atoms with Crippen LogP contribution in [0.5, 0.6) is 0 Å². The first-order valence-electron chi connectivity index (χ1n) is 3.43. The maximum absolute atomic E-state index is 10.8. The Hall–Kier alpha value is -0.570. The first kappa shape index (κ1) is 7.54. The number of carbonyl (C=O) groups excluding carboxylic acids is 1. The summed E-state index contributed by atoms with van der Waals surface area (Å²) in [6.45, 7) is 2.40. The van der Waals surface area contributed by atoms with Crippen LogP contribution in [0.2, 0.25) is 0 Å². The highest BCUT2D eigenvalue weighted by atomic mass is 16.6. The molecule has 0 bridgehead atoms. The summed E-state index contributed by atoms with van der Waals surface area (Å²) in [6, 6.07) is 0. The molecule has 0 amide bonds. The van der Waals surface area contributed by atoms with E-state index in [1.807, 2.05) is 6.92 Å². The fourth-order valence-electron chi connectivity index (χ4n) is 1.11. The predicted molar refractivity (Wildman–Crippen MR) is 35.5 cm³/mol. The van der Waals surface area contributed by atoms with Crippen molar-refractivity contribution in [2.45, 2.75) is 19.4 Å². The molecule has 0 aliphatic carbocycles. The van der Waals surface area contributed by atoms with Crippen LogP contribution in [0.4, 0.5) is 0 Å². The average Bonchev–Trinajstić information content (AvgIpc) is 2.14. The second-order valence-electron chi connectivity index (χ2n) is 2.65. The molecule has 10 heavy (non-hydrogen) atoms. The van der Waals surface area contributed by atoms with Gasteiger partial charge in [-0.05, 0) is 6.42 Å². The minimum Gasteiger partial charge on any atom is -0.460 e. The Morgan fingerprint density at radius 1 is 1.80 bits per heavy atom. The second kappa shape index (κ2) is 3.01. The van der Waals surface area contributed by atoms with Crippen LogP contribution in [-0.2, 0) is 14.3 Å². The molecule has 0 aromatic carbocycles. The molecule has 58 valence electrons. The predicted octanol–water partition coefficient (Wildman–Crippen LogP) is 0.584. The summed E-state index contributed by atoms with van der Waals surface area (Å²) in [6.07, 6.45) is 0.791. The van der Waals surface area contributed by atoms with Gasteiger partial charge in [0.05, 0.1) is 12.5 Å². The third-order valence-corrected chi connectivity index (χ3v) is 1.65. The molecular weight excluding hydrogens is 132 g/mol. The van der Waals surface area contributed by atoms with Crippen molar-refractivity contribution in [1.82, 2.24) is 0 Å². The lowest BCUT2D eigenvalue weighted by Gasteiger charge is -2.05. The monoisotopic (exact) mass is 144 g/mol. The Kier molecular flexibility index (Phi) is 2.27. The SMILES string of the molecule is COC[C@@H]1C[C@H](C)C(=O)O1. The lowest BCUT2D eigenvalue weighted by atomic mass is 10.1. The summed E-state index contributed by atoms with van der Waals surface area (Å²) in [7, 11) is 1.61. The van der Waals surface area contributed by atoms with Gasteiger partial charge in [0.1, 0.15) is 6.10 Å². The van der Waals surface area contributed by atoms with Crippen molar-refractivity contribution in [3.05, 3.63) is 0 Å². The summed E-state index contributed by atoms with van der Waals surface area (Å²) in [5.41, 5.74) is 0. The lowest BCUT2D eigenvalue weighted by Crippen LogP contribution is -2.13. The average molecular weight is 144 g/mol. The molecular formula is C7H12O3. The van der Waals surface area contributed by atoms with Gasteiger partial charge in [0.25, 0.3) is 0 Å². The molecule has 3 heteroatoms. The molecule has 0 aromatic rings. The van der Waals surface area contributed by atoms with E-state index in [0.29, 0.717) is 6.61 Å². The Labute approximate surface area is 60.3 Å². The molecule has 0 aromatic heterocycles. The van der Waals surface area contributed by atoms with Crippen molar-refractivity contribution in [3.8, 4) is 0 Å². The van der Waals surface area contributed by atoms with Crippen LogP contribution in [0.3, 0.4) is 0 Å². The van der Waals surface area contributed by atoms with Gasteiger partial charge >= 0.3 is 5.97 Å². The van der Waals surface area contributed by atoms with Gasteiger partial charge in [0.2, 0.25) is 0 Å². The van der Waals surface area contributed by atoms with Crippen molar-refractivity contribution < 1.29 is 14.3 Å². The molecule has 1 fully saturated rings. The van der Waals surface area contributed by atoms with E-state index in [1.54, 1.807) is 7.11 Å². The standard InChI is InChI=1S/C7H12O3/c1-5-3-6(4-9-2)10-7(5)8/h5-6H,3-4H2,1-2H3/t5-,6-/m0/s1. The van der Waals surface area contributed by atoms with E-state index in [0.717, 1.165) is 6.42 Å². The smallest absolute Gasteiger partial charge is 0.309 e. The largest absolute Gasteiger partial charge is 0.460 e. The van der Waals surface area contributed by atoms with E-state index in [2.05, 4.69) is 0 Å². The summed E-state index contributed by atoms with van der Waals surface area (Å²) in [5.74, 6) is -0.0396. The minimum absolute atomic E-state index is 0.00694. The van der Waals surface area contributed by atoms with Crippen LogP contribution in [0.25, 0.3) is 0 Å². The third-order valence-electron chi connectivity index (χ3n) is 1.65. The molecule has 0 spiro atoms. The number of hydrogen-bond acceptors (Lipinski definition) is 3. The van der Waals surface area contributed by atoms with Gasteiger partial charge in [0.15, 0.2) is 0 Å². The van der Waals surface area contributed by atoms with Crippen LogP contribution >= 0.6 is 0 Å². The number of esters is 1.